The van der Waals surface area contributed by atoms with Gasteiger partial charge in [0, 0.05) is 43.5 Å². The van der Waals surface area contributed by atoms with Crippen LogP contribution >= 0.6 is 0 Å². The fourth-order valence-electron chi connectivity index (χ4n) is 4.43. The van der Waals surface area contributed by atoms with Crippen molar-refractivity contribution < 1.29 is 14.3 Å². The molecule has 3 heterocycles. The maximum Gasteiger partial charge on any atom is 0.253 e. The van der Waals surface area contributed by atoms with Crippen LogP contribution in [0.2, 0.25) is 0 Å². The van der Waals surface area contributed by atoms with Gasteiger partial charge in [0.1, 0.15) is 11.5 Å². The Hall–Kier alpha value is -3.37. The Labute approximate surface area is 204 Å². The number of halogens is 1. The van der Waals surface area contributed by atoms with Crippen LogP contribution in [-0.4, -0.2) is 79.7 Å². The Morgan fingerprint density at radius 2 is 1.89 bits per heavy atom. The van der Waals surface area contributed by atoms with E-state index in [-0.39, 0.29) is 30.2 Å². The number of anilines is 2. The molecule has 186 valence electrons. The fraction of sp³-hybridized carbons (Fsp3) is 0.440. The van der Waals surface area contributed by atoms with Crippen molar-refractivity contribution in [2.75, 3.05) is 44.6 Å². The van der Waals surface area contributed by atoms with Gasteiger partial charge in [-0.05, 0) is 58.0 Å². The average molecular weight is 482 g/mol. The SMILES string of the molecule is Cc1ncc(-c2nc(Nc3ccc(C(=O)N4CCCN(CCO)CC4)cc3)ncc2F)n1C(C)C. The highest BCUT2D eigenvalue weighted by Crippen LogP contribution is 2.26. The molecule has 2 N–H and O–H groups in total. The number of aryl methyl sites for hydroxylation is 1. The van der Waals surface area contributed by atoms with Gasteiger partial charge < -0.3 is 19.9 Å². The van der Waals surface area contributed by atoms with Gasteiger partial charge in [-0.3, -0.25) is 9.69 Å². The standard InChI is InChI=1S/C25H32FN7O2/c1-17(2)33-18(3)27-16-22(33)23-21(26)15-28-25(30-23)29-20-7-5-19(6-8-20)24(35)32-10-4-9-31(11-12-32)13-14-34/h5-8,15-17,34H,4,9-14H2,1-3H3,(H,28,29,30). The van der Waals surface area contributed by atoms with E-state index in [0.717, 1.165) is 31.5 Å². The molecule has 1 aromatic carbocycles. The maximum absolute atomic E-state index is 14.6. The van der Waals surface area contributed by atoms with Crippen LogP contribution in [-0.2, 0) is 0 Å². The maximum atomic E-state index is 14.6. The summed E-state index contributed by atoms with van der Waals surface area (Å²) < 4.78 is 16.5. The van der Waals surface area contributed by atoms with Crippen LogP contribution < -0.4 is 5.32 Å². The third-order valence-corrected chi connectivity index (χ3v) is 6.16. The molecule has 3 aromatic rings. The number of rotatable bonds is 7. The Kier molecular flexibility index (Phi) is 7.72. The van der Waals surface area contributed by atoms with Gasteiger partial charge in [-0.15, -0.1) is 0 Å². The molecule has 1 saturated heterocycles. The first-order chi connectivity index (χ1) is 16.9. The third kappa shape index (κ3) is 5.66. The van der Waals surface area contributed by atoms with Gasteiger partial charge in [-0.25, -0.2) is 19.3 Å². The van der Waals surface area contributed by atoms with Crippen molar-refractivity contribution in [3.63, 3.8) is 0 Å². The number of aliphatic hydroxyl groups excluding tert-OH is 1. The minimum atomic E-state index is -0.520. The van der Waals surface area contributed by atoms with Gasteiger partial charge >= 0.3 is 0 Å². The second-order valence-electron chi connectivity index (χ2n) is 8.96. The van der Waals surface area contributed by atoms with Gasteiger partial charge in [0.2, 0.25) is 5.95 Å². The number of β-amino-alcohol motifs (C(OH)–C–C–N with tert-alkyl or cyclic N) is 1. The molecule has 1 amide bonds. The number of aromatic nitrogens is 4. The number of aliphatic hydroxyl groups is 1. The van der Waals surface area contributed by atoms with Crippen molar-refractivity contribution in [1.29, 1.82) is 0 Å². The molecule has 0 atom stereocenters. The van der Waals surface area contributed by atoms with Gasteiger partial charge in [0.05, 0.1) is 24.7 Å². The van der Waals surface area contributed by atoms with Crippen molar-refractivity contribution in [3.05, 3.63) is 53.9 Å². The van der Waals surface area contributed by atoms with Crippen molar-refractivity contribution in [1.82, 2.24) is 29.3 Å². The van der Waals surface area contributed by atoms with Crippen LogP contribution in [0.15, 0.2) is 36.7 Å². The first-order valence-electron chi connectivity index (χ1n) is 11.9. The van der Waals surface area contributed by atoms with E-state index in [0.29, 0.717) is 36.6 Å². The molecule has 0 aliphatic carbocycles. The Bertz CT molecular complexity index is 1160. The Balaban J connectivity index is 1.47. The second-order valence-corrected chi connectivity index (χ2v) is 8.96. The largest absolute Gasteiger partial charge is 0.395 e. The van der Waals surface area contributed by atoms with Crippen molar-refractivity contribution in [2.45, 2.75) is 33.2 Å². The molecule has 0 bridgehead atoms. The molecule has 1 fully saturated rings. The van der Waals surface area contributed by atoms with Gasteiger partial charge in [0.15, 0.2) is 5.82 Å². The number of carbonyl (C=O) groups excluding carboxylic acids is 1. The lowest BCUT2D eigenvalue weighted by atomic mass is 10.1. The van der Waals surface area contributed by atoms with Crippen LogP contribution in [0.1, 0.15) is 42.5 Å². The summed E-state index contributed by atoms with van der Waals surface area (Å²) in [5.41, 5.74) is 2.07. The van der Waals surface area contributed by atoms with Crippen LogP contribution in [0.25, 0.3) is 11.4 Å². The van der Waals surface area contributed by atoms with E-state index in [1.54, 1.807) is 30.5 Å². The van der Waals surface area contributed by atoms with Crippen molar-refractivity contribution in [3.8, 4) is 11.4 Å². The van der Waals surface area contributed by atoms with Gasteiger partial charge in [-0.2, -0.15) is 0 Å². The number of nitrogens with one attached hydrogen (secondary N) is 1. The lowest BCUT2D eigenvalue weighted by Gasteiger charge is -2.21. The zero-order valence-electron chi connectivity index (χ0n) is 20.4. The molecule has 1 aliphatic heterocycles. The number of benzene rings is 1. The first-order valence-corrected chi connectivity index (χ1v) is 11.9. The van der Waals surface area contributed by atoms with Crippen LogP contribution in [0, 0.1) is 12.7 Å². The van der Waals surface area contributed by atoms with Crippen LogP contribution in [0.3, 0.4) is 0 Å². The summed E-state index contributed by atoms with van der Waals surface area (Å²) >= 11 is 0. The quantitative estimate of drug-likeness (QED) is 0.534. The van der Waals surface area contributed by atoms with E-state index in [1.165, 1.54) is 0 Å². The topological polar surface area (TPSA) is 99.4 Å². The number of imidazole rings is 1. The van der Waals surface area contributed by atoms with Crippen molar-refractivity contribution in [2.24, 2.45) is 0 Å². The number of hydrogen-bond donors (Lipinski definition) is 2. The lowest BCUT2D eigenvalue weighted by Crippen LogP contribution is -2.35. The van der Waals surface area contributed by atoms with E-state index in [1.807, 2.05) is 30.2 Å². The smallest absolute Gasteiger partial charge is 0.253 e. The first kappa shape index (κ1) is 24.7. The van der Waals surface area contributed by atoms with E-state index >= 15 is 0 Å². The minimum Gasteiger partial charge on any atom is -0.395 e. The van der Waals surface area contributed by atoms with Gasteiger partial charge in [0.25, 0.3) is 5.91 Å². The van der Waals surface area contributed by atoms with Crippen molar-refractivity contribution >= 4 is 17.5 Å². The molecule has 0 radical (unpaired) electrons. The fourth-order valence-corrected chi connectivity index (χ4v) is 4.43. The predicted molar refractivity (Wildman–Crippen MR) is 132 cm³/mol. The Morgan fingerprint density at radius 1 is 1.11 bits per heavy atom. The number of nitrogens with zero attached hydrogens (tertiary/aromatic N) is 6. The van der Waals surface area contributed by atoms with E-state index < -0.39 is 5.82 Å². The second kappa shape index (κ2) is 10.9. The summed E-state index contributed by atoms with van der Waals surface area (Å²) in [7, 11) is 0. The molecule has 2 aromatic heterocycles. The highest BCUT2D eigenvalue weighted by molar-refractivity contribution is 5.94. The zero-order chi connectivity index (χ0) is 24.9. The van der Waals surface area contributed by atoms with Crippen LogP contribution in [0.5, 0.6) is 0 Å². The zero-order valence-corrected chi connectivity index (χ0v) is 20.4. The van der Waals surface area contributed by atoms with Gasteiger partial charge in [-0.1, -0.05) is 0 Å². The van der Waals surface area contributed by atoms with E-state index in [9.17, 15) is 9.18 Å². The normalized spacial score (nSPS) is 14.9. The molecule has 0 spiro atoms. The molecular weight excluding hydrogens is 449 g/mol. The monoisotopic (exact) mass is 481 g/mol. The molecule has 4 rings (SSSR count). The molecule has 10 heteroatoms. The summed E-state index contributed by atoms with van der Waals surface area (Å²) in [5, 5.41) is 12.3. The van der Waals surface area contributed by atoms with E-state index in [2.05, 4.69) is 25.2 Å². The molecule has 9 nitrogen and oxygen atoms in total. The molecule has 0 unspecified atom stereocenters. The highest BCUT2D eigenvalue weighted by atomic mass is 19.1. The lowest BCUT2D eigenvalue weighted by molar-refractivity contribution is 0.0760. The molecule has 35 heavy (non-hydrogen) atoms. The predicted octanol–water partition coefficient (Wildman–Crippen LogP) is 3.25. The summed E-state index contributed by atoms with van der Waals surface area (Å²) in [5.74, 6) is 0.507. The molecule has 0 saturated carbocycles. The molecular formula is C25H32FN7O2. The average Bonchev–Trinajstić information content (AvgIpc) is 3.08. The molecule has 1 aliphatic rings. The Morgan fingerprint density at radius 3 is 2.60 bits per heavy atom. The minimum absolute atomic E-state index is 0.0139. The number of hydrogen-bond acceptors (Lipinski definition) is 7. The summed E-state index contributed by atoms with van der Waals surface area (Å²) in [6.07, 6.45) is 3.65. The third-order valence-electron chi connectivity index (χ3n) is 6.16. The summed E-state index contributed by atoms with van der Waals surface area (Å²) in [6, 6.07) is 7.21. The highest BCUT2D eigenvalue weighted by Gasteiger charge is 2.21. The van der Waals surface area contributed by atoms with Crippen LogP contribution in [0.4, 0.5) is 16.0 Å². The summed E-state index contributed by atoms with van der Waals surface area (Å²) in [4.78, 5) is 29.8. The number of amides is 1. The van der Waals surface area contributed by atoms with E-state index in [4.69, 9.17) is 5.11 Å². The summed E-state index contributed by atoms with van der Waals surface area (Å²) in [6.45, 7) is 9.62. The number of carbonyl (C=O) groups is 1.